The van der Waals surface area contributed by atoms with Crippen LogP contribution in [0.2, 0.25) is 0 Å². The molecule has 0 N–H and O–H groups in total. The molecule has 0 aliphatic rings. The second-order valence-electron chi connectivity index (χ2n) is 3.21. The molecule has 0 saturated heterocycles. The van der Waals surface area contributed by atoms with E-state index in [1.807, 2.05) is 31.3 Å². The Balaban J connectivity index is 2.41. The topological polar surface area (TPSA) is 46.8 Å². The fourth-order valence-electron chi connectivity index (χ4n) is 1.11. The molecule has 0 fully saturated rings. The Morgan fingerprint density at radius 3 is 2.80 bits per heavy atom. The maximum atomic E-state index is 4.35. The van der Waals surface area contributed by atoms with Gasteiger partial charge in [-0.1, -0.05) is 0 Å². The van der Waals surface area contributed by atoms with Crippen molar-refractivity contribution >= 4 is 21.9 Å². The van der Waals surface area contributed by atoms with Crippen molar-refractivity contribution in [3.63, 3.8) is 0 Å². The van der Waals surface area contributed by atoms with Crippen LogP contribution >= 0.6 is 15.9 Å². The van der Waals surface area contributed by atoms with Gasteiger partial charge in [0.2, 0.25) is 5.95 Å². The largest absolute Gasteiger partial charge is 0.347 e. The van der Waals surface area contributed by atoms with Gasteiger partial charge in [-0.3, -0.25) is 0 Å². The van der Waals surface area contributed by atoms with Crippen molar-refractivity contribution < 1.29 is 0 Å². The summed E-state index contributed by atoms with van der Waals surface area (Å²) in [6, 6.07) is 1.81. The highest BCUT2D eigenvalue weighted by Gasteiger charge is 2.03. The second-order valence-corrected chi connectivity index (χ2v) is 4.13. The van der Waals surface area contributed by atoms with Crippen LogP contribution < -0.4 is 4.90 Å². The molecule has 6 heteroatoms. The van der Waals surface area contributed by atoms with Crippen molar-refractivity contribution in [2.75, 3.05) is 19.0 Å². The summed E-state index contributed by atoms with van der Waals surface area (Å²) in [6.07, 6.45) is 5.28. The van der Waals surface area contributed by atoms with E-state index in [4.69, 9.17) is 0 Å². The highest BCUT2D eigenvalue weighted by Crippen LogP contribution is 2.12. The van der Waals surface area contributed by atoms with Crippen molar-refractivity contribution in [3.8, 4) is 5.82 Å². The predicted octanol–water partition coefficient (Wildman–Crippen LogP) is 1.49. The van der Waals surface area contributed by atoms with Gasteiger partial charge in [0.25, 0.3) is 0 Å². The van der Waals surface area contributed by atoms with Gasteiger partial charge in [-0.25, -0.2) is 9.67 Å². The van der Waals surface area contributed by atoms with E-state index in [0.29, 0.717) is 5.95 Å². The van der Waals surface area contributed by atoms with E-state index in [1.54, 1.807) is 17.1 Å². The second kappa shape index (κ2) is 3.98. The molecule has 2 rings (SSSR count). The third-order valence-electron chi connectivity index (χ3n) is 1.81. The van der Waals surface area contributed by atoms with E-state index in [9.17, 15) is 0 Å². The van der Waals surface area contributed by atoms with Gasteiger partial charge in [0.05, 0.1) is 10.7 Å². The zero-order valence-corrected chi connectivity index (χ0v) is 10.0. The third kappa shape index (κ3) is 2.15. The van der Waals surface area contributed by atoms with Crippen molar-refractivity contribution in [3.05, 3.63) is 29.1 Å². The lowest BCUT2D eigenvalue weighted by molar-refractivity contribution is 0.831. The fourth-order valence-corrected chi connectivity index (χ4v) is 1.39. The maximum absolute atomic E-state index is 4.35. The molecule has 15 heavy (non-hydrogen) atoms. The molecule has 0 bridgehead atoms. The van der Waals surface area contributed by atoms with E-state index in [-0.39, 0.29) is 0 Å². The number of anilines is 1. The SMILES string of the molecule is CN(C)c1nccc(-n2cc(Br)cn2)n1. The van der Waals surface area contributed by atoms with Gasteiger partial charge in [-0.05, 0) is 15.9 Å². The van der Waals surface area contributed by atoms with Gasteiger partial charge in [-0.2, -0.15) is 10.1 Å². The summed E-state index contributed by atoms with van der Waals surface area (Å²) in [4.78, 5) is 10.3. The molecule has 78 valence electrons. The molecular formula is C9H10BrN5. The fraction of sp³-hybridized carbons (Fsp3) is 0.222. The third-order valence-corrected chi connectivity index (χ3v) is 2.22. The summed E-state index contributed by atoms with van der Waals surface area (Å²) in [7, 11) is 3.80. The standard InChI is InChI=1S/C9H10BrN5/c1-14(2)9-11-4-3-8(13-9)15-6-7(10)5-12-15/h3-6H,1-2H3. The zero-order valence-electron chi connectivity index (χ0n) is 8.42. The van der Waals surface area contributed by atoms with Gasteiger partial charge in [0, 0.05) is 32.6 Å². The molecule has 0 saturated carbocycles. The van der Waals surface area contributed by atoms with Gasteiger partial charge >= 0.3 is 0 Å². The molecule has 5 nitrogen and oxygen atoms in total. The molecule has 2 aromatic rings. The maximum Gasteiger partial charge on any atom is 0.226 e. The quantitative estimate of drug-likeness (QED) is 0.827. The minimum Gasteiger partial charge on any atom is -0.347 e. The summed E-state index contributed by atoms with van der Waals surface area (Å²) in [6.45, 7) is 0. The van der Waals surface area contributed by atoms with Gasteiger partial charge in [0.15, 0.2) is 5.82 Å². The molecule has 0 aliphatic heterocycles. The number of hydrogen-bond acceptors (Lipinski definition) is 4. The Morgan fingerprint density at radius 2 is 2.20 bits per heavy atom. The summed E-state index contributed by atoms with van der Waals surface area (Å²) >= 11 is 3.34. The van der Waals surface area contributed by atoms with Crippen LogP contribution in [0.15, 0.2) is 29.1 Å². The Bertz CT molecular complexity index is 465. The van der Waals surface area contributed by atoms with Crippen LogP contribution in [0.1, 0.15) is 0 Å². The smallest absolute Gasteiger partial charge is 0.226 e. The molecule has 0 unspecified atom stereocenters. The van der Waals surface area contributed by atoms with E-state index >= 15 is 0 Å². The molecule has 0 aromatic carbocycles. The van der Waals surface area contributed by atoms with Crippen LogP contribution in [0.5, 0.6) is 0 Å². The Labute approximate surface area is 95.9 Å². The van der Waals surface area contributed by atoms with Crippen LogP contribution in [0.4, 0.5) is 5.95 Å². The highest BCUT2D eigenvalue weighted by molar-refractivity contribution is 9.10. The molecular weight excluding hydrogens is 258 g/mol. The molecule has 2 heterocycles. The van der Waals surface area contributed by atoms with Crippen LogP contribution in [0.25, 0.3) is 5.82 Å². The summed E-state index contributed by atoms with van der Waals surface area (Å²) in [5.41, 5.74) is 0. The lowest BCUT2D eigenvalue weighted by Gasteiger charge is -2.10. The number of aromatic nitrogens is 4. The average Bonchev–Trinajstić information content (AvgIpc) is 2.65. The molecule has 0 amide bonds. The Kier molecular flexibility index (Phi) is 2.68. The summed E-state index contributed by atoms with van der Waals surface area (Å²) < 4.78 is 2.62. The number of halogens is 1. The number of hydrogen-bond donors (Lipinski definition) is 0. The molecule has 0 atom stereocenters. The first-order valence-electron chi connectivity index (χ1n) is 4.38. The molecule has 2 aromatic heterocycles. The van der Waals surface area contributed by atoms with Gasteiger partial charge in [-0.15, -0.1) is 0 Å². The lowest BCUT2D eigenvalue weighted by atomic mass is 10.6. The normalized spacial score (nSPS) is 10.3. The highest BCUT2D eigenvalue weighted by atomic mass is 79.9. The average molecular weight is 268 g/mol. The van der Waals surface area contributed by atoms with E-state index in [1.165, 1.54) is 0 Å². The lowest BCUT2D eigenvalue weighted by Crippen LogP contribution is -2.13. The van der Waals surface area contributed by atoms with E-state index in [0.717, 1.165) is 10.3 Å². The Morgan fingerprint density at radius 1 is 1.40 bits per heavy atom. The molecule has 0 spiro atoms. The Hall–Kier alpha value is -1.43. The summed E-state index contributed by atoms with van der Waals surface area (Å²) in [5, 5.41) is 4.15. The predicted molar refractivity (Wildman–Crippen MR) is 61.2 cm³/mol. The minimum absolute atomic E-state index is 0.666. The molecule has 0 aliphatic carbocycles. The first kappa shape index (κ1) is 10.1. The van der Waals surface area contributed by atoms with Gasteiger partial charge < -0.3 is 4.90 Å². The minimum atomic E-state index is 0.666. The summed E-state index contributed by atoms with van der Waals surface area (Å²) in [5.74, 6) is 1.42. The number of nitrogens with zero attached hydrogens (tertiary/aromatic N) is 5. The van der Waals surface area contributed by atoms with E-state index < -0.39 is 0 Å². The first-order valence-corrected chi connectivity index (χ1v) is 5.17. The van der Waals surface area contributed by atoms with Crippen molar-refractivity contribution in [1.29, 1.82) is 0 Å². The van der Waals surface area contributed by atoms with Crippen LogP contribution in [0.3, 0.4) is 0 Å². The van der Waals surface area contributed by atoms with Crippen LogP contribution in [-0.2, 0) is 0 Å². The molecule has 0 radical (unpaired) electrons. The van der Waals surface area contributed by atoms with Gasteiger partial charge in [0.1, 0.15) is 0 Å². The zero-order chi connectivity index (χ0) is 10.8. The van der Waals surface area contributed by atoms with Crippen LogP contribution in [0, 0.1) is 0 Å². The first-order chi connectivity index (χ1) is 7.16. The van der Waals surface area contributed by atoms with Crippen molar-refractivity contribution in [2.45, 2.75) is 0 Å². The number of rotatable bonds is 2. The van der Waals surface area contributed by atoms with Crippen LogP contribution in [-0.4, -0.2) is 33.8 Å². The van der Waals surface area contributed by atoms with E-state index in [2.05, 4.69) is 31.0 Å². The van der Waals surface area contributed by atoms with Crippen molar-refractivity contribution in [1.82, 2.24) is 19.7 Å². The monoisotopic (exact) mass is 267 g/mol. The van der Waals surface area contributed by atoms with Crippen molar-refractivity contribution in [2.24, 2.45) is 0 Å².